The Kier molecular flexibility index (Phi) is 5.72. The molecule has 0 spiro atoms. The van der Waals surface area contributed by atoms with Crippen LogP contribution in [0.15, 0.2) is 54.7 Å². The molecule has 30 heavy (non-hydrogen) atoms. The summed E-state index contributed by atoms with van der Waals surface area (Å²) in [5.74, 6) is -1.14. The molecule has 1 aromatic heterocycles. The normalized spacial score (nSPS) is 12.4. The molecule has 0 fully saturated rings. The molecule has 0 radical (unpaired) electrons. The molecule has 0 unspecified atom stereocenters. The minimum atomic E-state index is -0.636. The van der Waals surface area contributed by atoms with E-state index >= 15 is 0 Å². The first kappa shape index (κ1) is 20.0. The summed E-state index contributed by atoms with van der Waals surface area (Å²) in [6, 6.07) is 12.4. The van der Waals surface area contributed by atoms with Gasteiger partial charge < -0.3 is 10.4 Å². The molecule has 154 valence electrons. The Morgan fingerprint density at radius 2 is 1.90 bits per heavy atom. The Morgan fingerprint density at radius 3 is 2.67 bits per heavy atom. The maximum Gasteiger partial charge on any atom is 0.259 e. The van der Waals surface area contributed by atoms with E-state index in [-0.39, 0.29) is 25.5 Å². The molecule has 3 aromatic rings. The van der Waals surface area contributed by atoms with Gasteiger partial charge >= 0.3 is 0 Å². The molecule has 5 nitrogen and oxygen atoms in total. The van der Waals surface area contributed by atoms with Crippen LogP contribution in [0.3, 0.4) is 0 Å². The zero-order valence-corrected chi connectivity index (χ0v) is 16.2. The molecule has 1 aliphatic rings. The fourth-order valence-corrected chi connectivity index (χ4v) is 3.78. The molecule has 2 heterocycles. The fourth-order valence-electron chi connectivity index (χ4n) is 3.78. The van der Waals surface area contributed by atoms with Gasteiger partial charge in [-0.05, 0) is 65.9 Å². The summed E-state index contributed by atoms with van der Waals surface area (Å²) >= 11 is 0. The number of carbonyl (C=O) groups is 1. The molecular formula is C23H21F2N3O2. The number of hydrogen-bond acceptors (Lipinski definition) is 4. The molecule has 0 atom stereocenters. The van der Waals surface area contributed by atoms with Crippen LogP contribution in [-0.2, 0) is 12.8 Å². The molecule has 1 amide bonds. The summed E-state index contributed by atoms with van der Waals surface area (Å²) in [6.07, 6.45) is 2.59. The van der Waals surface area contributed by atoms with Crippen molar-refractivity contribution in [3.63, 3.8) is 0 Å². The van der Waals surface area contributed by atoms with Gasteiger partial charge in [0.25, 0.3) is 5.91 Å². The number of benzene rings is 2. The highest BCUT2D eigenvalue weighted by atomic mass is 19.1. The predicted octanol–water partition coefficient (Wildman–Crippen LogP) is 3.56. The van der Waals surface area contributed by atoms with Gasteiger partial charge in [-0.2, -0.15) is 0 Å². The number of halogens is 2. The van der Waals surface area contributed by atoms with E-state index in [0.29, 0.717) is 16.9 Å². The van der Waals surface area contributed by atoms with Gasteiger partial charge in [-0.25, -0.2) is 13.8 Å². The average molecular weight is 409 g/mol. The molecule has 0 aliphatic carbocycles. The van der Waals surface area contributed by atoms with Gasteiger partial charge in [-0.3, -0.25) is 9.69 Å². The molecule has 2 N–H and O–H groups in total. The summed E-state index contributed by atoms with van der Waals surface area (Å²) < 4.78 is 27.0. The third kappa shape index (κ3) is 4.16. The second-order valence-electron chi connectivity index (χ2n) is 7.17. The van der Waals surface area contributed by atoms with E-state index in [0.717, 1.165) is 35.8 Å². The fraction of sp³-hybridized carbons (Fsp3) is 0.217. The number of anilines is 2. The number of fused-ring (bicyclic) bond motifs is 1. The van der Waals surface area contributed by atoms with Crippen molar-refractivity contribution in [1.29, 1.82) is 0 Å². The van der Waals surface area contributed by atoms with Gasteiger partial charge in [0.1, 0.15) is 17.5 Å². The first-order valence-corrected chi connectivity index (χ1v) is 9.73. The lowest BCUT2D eigenvalue weighted by Gasteiger charge is -2.22. The first-order chi connectivity index (χ1) is 14.5. The largest absolute Gasteiger partial charge is 0.395 e. The lowest BCUT2D eigenvalue weighted by Crippen LogP contribution is -2.34. The standard InChI is InChI=1S/C23H21F2N3O2/c24-17-11-16(12-18(25)14-17)10-15-4-6-27-22(13-15)28(8-9-29)23(30)20-2-1-3-21-19(20)5-7-26-21/h1-4,6,11-14,26,29H,5,7-10H2. The van der Waals surface area contributed by atoms with Crippen LogP contribution < -0.4 is 10.2 Å². The Balaban J connectivity index is 1.64. The van der Waals surface area contributed by atoms with Gasteiger partial charge in [0.2, 0.25) is 0 Å². The monoisotopic (exact) mass is 409 g/mol. The van der Waals surface area contributed by atoms with Crippen molar-refractivity contribution < 1.29 is 18.7 Å². The number of pyridine rings is 1. The summed E-state index contributed by atoms with van der Waals surface area (Å²) in [5.41, 5.74) is 3.71. The number of aliphatic hydroxyl groups is 1. The second kappa shape index (κ2) is 8.59. The van der Waals surface area contributed by atoms with Crippen LogP contribution in [0.25, 0.3) is 0 Å². The highest BCUT2D eigenvalue weighted by Crippen LogP contribution is 2.28. The van der Waals surface area contributed by atoms with Crippen LogP contribution in [0.4, 0.5) is 20.3 Å². The van der Waals surface area contributed by atoms with Gasteiger partial charge in [0.15, 0.2) is 0 Å². The minimum Gasteiger partial charge on any atom is -0.395 e. The lowest BCUT2D eigenvalue weighted by atomic mass is 10.0. The Morgan fingerprint density at radius 1 is 1.10 bits per heavy atom. The Bertz CT molecular complexity index is 1070. The molecule has 2 aromatic carbocycles. The van der Waals surface area contributed by atoms with Crippen LogP contribution in [0, 0.1) is 11.6 Å². The molecule has 7 heteroatoms. The zero-order valence-electron chi connectivity index (χ0n) is 16.2. The maximum absolute atomic E-state index is 13.5. The van der Waals surface area contributed by atoms with Crippen molar-refractivity contribution in [3.8, 4) is 0 Å². The van der Waals surface area contributed by atoms with Crippen molar-refractivity contribution in [2.24, 2.45) is 0 Å². The molecule has 0 saturated heterocycles. The second-order valence-corrected chi connectivity index (χ2v) is 7.17. The topological polar surface area (TPSA) is 65.5 Å². The number of hydrogen-bond donors (Lipinski definition) is 2. The van der Waals surface area contributed by atoms with Gasteiger partial charge in [-0.15, -0.1) is 0 Å². The molecule has 0 bridgehead atoms. The molecule has 1 aliphatic heterocycles. The van der Waals surface area contributed by atoms with Crippen molar-refractivity contribution in [2.45, 2.75) is 12.8 Å². The quantitative estimate of drug-likeness (QED) is 0.654. The van der Waals surface area contributed by atoms with Gasteiger partial charge in [0.05, 0.1) is 13.2 Å². The smallest absolute Gasteiger partial charge is 0.259 e. The lowest BCUT2D eigenvalue weighted by molar-refractivity contribution is 0.0979. The van der Waals surface area contributed by atoms with E-state index in [1.807, 2.05) is 12.1 Å². The van der Waals surface area contributed by atoms with E-state index in [1.54, 1.807) is 24.4 Å². The summed E-state index contributed by atoms with van der Waals surface area (Å²) in [7, 11) is 0. The van der Waals surface area contributed by atoms with Crippen LogP contribution >= 0.6 is 0 Å². The van der Waals surface area contributed by atoms with Crippen molar-refractivity contribution >= 4 is 17.4 Å². The van der Waals surface area contributed by atoms with E-state index in [1.165, 1.54) is 17.0 Å². The first-order valence-electron chi connectivity index (χ1n) is 9.73. The molecule has 4 rings (SSSR count). The number of nitrogens with zero attached hydrogens (tertiary/aromatic N) is 2. The van der Waals surface area contributed by atoms with E-state index in [2.05, 4.69) is 10.3 Å². The number of aliphatic hydroxyl groups excluding tert-OH is 1. The highest BCUT2D eigenvalue weighted by molar-refractivity contribution is 6.07. The zero-order chi connectivity index (χ0) is 21.1. The van der Waals surface area contributed by atoms with E-state index in [9.17, 15) is 18.7 Å². The van der Waals surface area contributed by atoms with Gasteiger partial charge in [-0.1, -0.05) is 6.07 Å². The SMILES string of the molecule is O=C(c1cccc2c1CCN2)N(CCO)c1cc(Cc2cc(F)cc(F)c2)ccn1. The van der Waals surface area contributed by atoms with Crippen LogP contribution in [-0.4, -0.2) is 35.7 Å². The minimum absolute atomic E-state index is 0.0843. The van der Waals surface area contributed by atoms with E-state index < -0.39 is 11.6 Å². The third-order valence-corrected chi connectivity index (χ3v) is 5.08. The van der Waals surface area contributed by atoms with Gasteiger partial charge in [0, 0.05) is 30.1 Å². The summed E-state index contributed by atoms with van der Waals surface area (Å²) in [6.45, 7) is 0.637. The highest BCUT2D eigenvalue weighted by Gasteiger charge is 2.24. The van der Waals surface area contributed by atoms with Crippen LogP contribution in [0.2, 0.25) is 0 Å². The predicted molar refractivity (Wildman–Crippen MR) is 111 cm³/mol. The van der Waals surface area contributed by atoms with Crippen LogP contribution in [0.1, 0.15) is 27.0 Å². The van der Waals surface area contributed by atoms with Crippen molar-refractivity contribution in [1.82, 2.24) is 4.98 Å². The summed E-state index contributed by atoms with van der Waals surface area (Å²) in [5, 5.41) is 12.8. The number of carbonyl (C=O) groups excluding carboxylic acids is 1. The number of nitrogens with one attached hydrogen (secondary N) is 1. The average Bonchev–Trinajstić information content (AvgIpc) is 3.20. The van der Waals surface area contributed by atoms with Crippen molar-refractivity contribution in [3.05, 3.63) is 88.6 Å². The van der Waals surface area contributed by atoms with Crippen molar-refractivity contribution in [2.75, 3.05) is 29.9 Å². The number of rotatable bonds is 6. The van der Waals surface area contributed by atoms with Crippen LogP contribution in [0.5, 0.6) is 0 Å². The summed E-state index contributed by atoms with van der Waals surface area (Å²) in [4.78, 5) is 19.0. The molecule has 0 saturated carbocycles. The molecular weight excluding hydrogens is 388 g/mol. The van der Waals surface area contributed by atoms with E-state index in [4.69, 9.17) is 0 Å². The Hall–Kier alpha value is -3.32. The third-order valence-electron chi connectivity index (χ3n) is 5.08. The number of amides is 1. The number of aromatic nitrogens is 1. The maximum atomic E-state index is 13.5. The Labute approximate surface area is 173 Å².